The van der Waals surface area contributed by atoms with Crippen LogP contribution >= 0.6 is 0 Å². The lowest BCUT2D eigenvalue weighted by molar-refractivity contribution is -0.00311. The van der Waals surface area contributed by atoms with E-state index in [1.807, 2.05) is 17.9 Å². The molecule has 1 aromatic heterocycles. The number of amides is 2. The van der Waals surface area contributed by atoms with Gasteiger partial charge in [-0.1, -0.05) is 12.1 Å². The minimum absolute atomic E-state index is 0.0368. The number of hydrogen-bond donors (Lipinski definition) is 1. The van der Waals surface area contributed by atoms with Crippen LogP contribution in [0, 0.1) is 0 Å². The van der Waals surface area contributed by atoms with Crippen LogP contribution in [0.5, 0.6) is 0 Å². The maximum atomic E-state index is 12.9. The molecular weight excluding hydrogens is 332 g/mol. The summed E-state index contributed by atoms with van der Waals surface area (Å²) in [6.45, 7) is 3.96. The fraction of sp³-hybridized carbons (Fsp3) is 0.400. The highest BCUT2D eigenvalue weighted by molar-refractivity contribution is 5.95. The van der Waals surface area contributed by atoms with Gasteiger partial charge in [-0.3, -0.25) is 9.59 Å². The summed E-state index contributed by atoms with van der Waals surface area (Å²) in [4.78, 5) is 25.9. The van der Waals surface area contributed by atoms with Gasteiger partial charge in [-0.15, -0.1) is 0 Å². The number of ether oxygens (including phenoxy) is 1. The zero-order chi connectivity index (χ0) is 18.5. The molecule has 0 spiro atoms. The molecule has 2 N–H and O–H groups in total. The van der Waals surface area contributed by atoms with Gasteiger partial charge in [0.1, 0.15) is 5.76 Å². The van der Waals surface area contributed by atoms with Gasteiger partial charge in [0.25, 0.3) is 11.8 Å². The summed E-state index contributed by atoms with van der Waals surface area (Å²) in [5.41, 5.74) is 6.54. The molecule has 26 heavy (non-hydrogen) atoms. The van der Waals surface area contributed by atoms with E-state index in [1.165, 1.54) is 6.07 Å². The topological polar surface area (TPSA) is 85.8 Å². The summed E-state index contributed by atoms with van der Waals surface area (Å²) < 4.78 is 11.2. The molecule has 2 heterocycles. The summed E-state index contributed by atoms with van der Waals surface area (Å²) >= 11 is 0. The van der Waals surface area contributed by atoms with Gasteiger partial charge in [0.2, 0.25) is 0 Å². The monoisotopic (exact) mass is 356 g/mol. The highest BCUT2D eigenvalue weighted by Gasteiger charge is 2.22. The molecule has 1 aliphatic rings. The Labute approximate surface area is 152 Å². The van der Waals surface area contributed by atoms with E-state index in [1.54, 1.807) is 24.3 Å². The predicted octanol–water partition coefficient (Wildman–Crippen LogP) is 3.08. The van der Waals surface area contributed by atoms with Crippen molar-refractivity contribution in [3.8, 4) is 11.3 Å². The first-order chi connectivity index (χ1) is 12.6. The molecule has 2 amide bonds. The van der Waals surface area contributed by atoms with Gasteiger partial charge < -0.3 is 19.8 Å². The van der Waals surface area contributed by atoms with Crippen LogP contribution in [0.15, 0.2) is 40.8 Å². The lowest BCUT2D eigenvalue weighted by Gasteiger charge is -2.29. The molecule has 0 saturated carbocycles. The highest BCUT2D eigenvalue weighted by Crippen LogP contribution is 2.24. The normalized spacial score (nSPS) is 17.0. The Hall–Kier alpha value is -2.60. The van der Waals surface area contributed by atoms with Gasteiger partial charge >= 0.3 is 0 Å². The maximum absolute atomic E-state index is 12.9. The van der Waals surface area contributed by atoms with Crippen LogP contribution in [0.25, 0.3) is 11.3 Å². The van der Waals surface area contributed by atoms with Crippen molar-refractivity contribution in [1.29, 1.82) is 0 Å². The number of likely N-dealkylation sites (N-methyl/N-ethyl adjacent to an activating group) is 1. The van der Waals surface area contributed by atoms with Crippen LogP contribution in [0.3, 0.4) is 0 Å². The Morgan fingerprint density at radius 3 is 2.73 bits per heavy atom. The Kier molecular flexibility index (Phi) is 5.73. The molecule has 2 aromatic rings. The van der Waals surface area contributed by atoms with Crippen molar-refractivity contribution in [3.05, 3.63) is 47.7 Å². The van der Waals surface area contributed by atoms with E-state index in [2.05, 4.69) is 0 Å². The Balaban J connectivity index is 1.76. The summed E-state index contributed by atoms with van der Waals surface area (Å²) in [5.74, 6) is -0.0493. The quantitative estimate of drug-likeness (QED) is 0.862. The number of carbonyl (C=O) groups is 2. The van der Waals surface area contributed by atoms with Crippen molar-refractivity contribution in [3.63, 3.8) is 0 Å². The summed E-state index contributed by atoms with van der Waals surface area (Å²) in [5, 5.41) is 0. The van der Waals surface area contributed by atoms with Gasteiger partial charge in [-0.25, -0.2) is 0 Å². The third-order valence-electron chi connectivity index (χ3n) is 4.61. The molecule has 6 heteroatoms. The first-order valence-electron chi connectivity index (χ1n) is 8.99. The fourth-order valence-corrected chi connectivity index (χ4v) is 3.17. The Morgan fingerprint density at radius 1 is 1.23 bits per heavy atom. The molecule has 1 unspecified atom stereocenters. The largest absolute Gasteiger partial charge is 0.451 e. The molecule has 0 aliphatic carbocycles. The third kappa shape index (κ3) is 4.14. The zero-order valence-corrected chi connectivity index (χ0v) is 14.9. The number of benzene rings is 1. The van der Waals surface area contributed by atoms with E-state index >= 15 is 0 Å². The second-order valence-electron chi connectivity index (χ2n) is 6.44. The third-order valence-corrected chi connectivity index (χ3v) is 4.61. The van der Waals surface area contributed by atoms with E-state index in [4.69, 9.17) is 14.9 Å². The standard InChI is InChI=1S/C20H24N2O4/c1-2-22(13-16-8-3-4-11-25-16)20(24)15-7-5-6-14(12-15)17-9-10-18(26-17)19(21)23/h5-7,9-10,12,16H,2-4,8,11,13H2,1H3,(H2,21,23). The minimum Gasteiger partial charge on any atom is -0.451 e. The highest BCUT2D eigenvalue weighted by atomic mass is 16.5. The van der Waals surface area contributed by atoms with E-state index in [9.17, 15) is 9.59 Å². The van der Waals surface area contributed by atoms with E-state index in [-0.39, 0.29) is 17.8 Å². The van der Waals surface area contributed by atoms with Crippen LogP contribution in [-0.4, -0.2) is 42.5 Å². The zero-order valence-electron chi connectivity index (χ0n) is 14.9. The van der Waals surface area contributed by atoms with Gasteiger partial charge in [0, 0.05) is 30.8 Å². The second-order valence-corrected chi connectivity index (χ2v) is 6.44. The predicted molar refractivity (Wildman–Crippen MR) is 97.8 cm³/mol. The molecule has 1 aromatic carbocycles. The average Bonchev–Trinajstić information content (AvgIpc) is 3.17. The molecule has 1 saturated heterocycles. The van der Waals surface area contributed by atoms with Gasteiger partial charge in [-0.2, -0.15) is 0 Å². The van der Waals surface area contributed by atoms with E-state index < -0.39 is 5.91 Å². The molecule has 0 bridgehead atoms. The number of nitrogens with zero attached hydrogens (tertiary/aromatic N) is 1. The number of primary amides is 1. The number of nitrogens with two attached hydrogens (primary N) is 1. The molecule has 138 valence electrons. The van der Waals surface area contributed by atoms with Gasteiger partial charge in [0.05, 0.1) is 6.10 Å². The second kappa shape index (κ2) is 8.19. The summed E-state index contributed by atoms with van der Waals surface area (Å²) in [6, 6.07) is 10.4. The van der Waals surface area contributed by atoms with Crippen molar-refractivity contribution in [2.24, 2.45) is 5.73 Å². The summed E-state index contributed by atoms with van der Waals surface area (Å²) in [6.07, 6.45) is 3.34. The van der Waals surface area contributed by atoms with Crippen LogP contribution in [0.2, 0.25) is 0 Å². The lowest BCUT2D eigenvalue weighted by Crippen LogP contribution is -2.39. The molecule has 1 aliphatic heterocycles. The lowest BCUT2D eigenvalue weighted by atomic mass is 10.1. The van der Waals surface area contributed by atoms with Crippen LogP contribution in [-0.2, 0) is 4.74 Å². The van der Waals surface area contributed by atoms with Crippen LogP contribution in [0.1, 0.15) is 47.1 Å². The minimum atomic E-state index is -0.617. The van der Waals surface area contributed by atoms with E-state index in [0.717, 1.165) is 31.4 Å². The number of furan rings is 1. The fourth-order valence-electron chi connectivity index (χ4n) is 3.17. The van der Waals surface area contributed by atoms with Crippen LogP contribution < -0.4 is 5.73 Å². The SMILES string of the molecule is CCN(CC1CCCCO1)C(=O)c1cccc(-c2ccc(C(N)=O)o2)c1. The smallest absolute Gasteiger partial charge is 0.284 e. The first kappa shape index (κ1) is 18.2. The van der Waals surface area contributed by atoms with Crippen LogP contribution in [0.4, 0.5) is 0 Å². The van der Waals surface area contributed by atoms with E-state index in [0.29, 0.717) is 24.4 Å². The van der Waals surface area contributed by atoms with Crippen molar-refractivity contribution < 1.29 is 18.7 Å². The van der Waals surface area contributed by atoms with Gasteiger partial charge in [0.15, 0.2) is 5.76 Å². The molecule has 3 rings (SSSR count). The molecule has 6 nitrogen and oxygen atoms in total. The van der Waals surface area contributed by atoms with Crippen molar-refractivity contribution in [2.45, 2.75) is 32.3 Å². The number of hydrogen-bond acceptors (Lipinski definition) is 4. The molecule has 1 fully saturated rings. The summed E-state index contributed by atoms with van der Waals surface area (Å²) in [7, 11) is 0. The number of rotatable bonds is 6. The average molecular weight is 356 g/mol. The number of carbonyl (C=O) groups excluding carboxylic acids is 2. The van der Waals surface area contributed by atoms with Gasteiger partial charge in [-0.05, 0) is 50.5 Å². The maximum Gasteiger partial charge on any atom is 0.284 e. The molecular formula is C20H24N2O4. The Bertz CT molecular complexity index is 778. The Morgan fingerprint density at radius 2 is 2.08 bits per heavy atom. The first-order valence-corrected chi connectivity index (χ1v) is 8.99. The van der Waals surface area contributed by atoms with Crippen molar-refractivity contribution >= 4 is 11.8 Å². The molecule has 1 atom stereocenters. The van der Waals surface area contributed by atoms with Crippen molar-refractivity contribution in [2.75, 3.05) is 19.7 Å². The molecule has 0 radical (unpaired) electrons. The van der Waals surface area contributed by atoms with Crippen molar-refractivity contribution in [1.82, 2.24) is 4.90 Å².